The van der Waals surface area contributed by atoms with Gasteiger partial charge in [0.15, 0.2) is 0 Å². The summed E-state index contributed by atoms with van der Waals surface area (Å²) >= 11 is 0. The van der Waals surface area contributed by atoms with Gasteiger partial charge in [0.05, 0.1) is 7.11 Å². The molecule has 0 fully saturated rings. The molecule has 0 saturated heterocycles. The molecule has 0 spiro atoms. The lowest BCUT2D eigenvalue weighted by atomic mass is 10.1. The molecule has 96 valence electrons. The highest BCUT2D eigenvalue weighted by atomic mass is 16.5. The summed E-state index contributed by atoms with van der Waals surface area (Å²) in [5.74, 6) is 0.892. The first-order chi connectivity index (χ1) is 8.15. The molecule has 1 aromatic carbocycles. The van der Waals surface area contributed by atoms with E-state index in [0.29, 0.717) is 12.1 Å². The Morgan fingerprint density at radius 2 is 1.82 bits per heavy atom. The molecular formula is C14H23NO2. The highest BCUT2D eigenvalue weighted by molar-refractivity contribution is 5.27. The largest absolute Gasteiger partial charge is 0.497 e. The molecule has 3 nitrogen and oxygen atoms in total. The molecule has 0 aliphatic carbocycles. The van der Waals surface area contributed by atoms with Crippen LogP contribution in [-0.4, -0.2) is 30.9 Å². The van der Waals surface area contributed by atoms with Crippen molar-refractivity contribution in [3.05, 3.63) is 29.8 Å². The van der Waals surface area contributed by atoms with Gasteiger partial charge in [-0.15, -0.1) is 0 Å². The van der Waals surface area contributed by atoms with Crippen LogP contribution >= 0.6 is 0 Å². The highest BCUT2D eigenvalue weighted by Crippen LogP contribution is 2.12. The summed E-state index contributed by atoms with van der Waals surface area (Å²) in [4.78, 5) is 0. The number of nitrogens with one attached hydrogen (secondary N) is 1. The first-order valence-corrected chi connectivity index (χ1v) is 6.15. The smallest absolute Gasteiger partial charge is 0.118 e. The van der Waals surface area contributed by atoms with E-state index < -0.39 is 0 Å². The molecule has 0 heterocycles. The van der Waals surface area contributed by atoms with Crippen molar-refractivity contribution in [1.29, 1.82) is 0 Å². The minimum absolute atomic E-state index is 0.240. The van der Waals surface area contributed by atoms with Gasteiger partial charge >= 0.3 is 0 Å². The van der Waals surface area contributed by atoms with Gasteiger partial charge in [-0.1, -0.05) is 12.1 Å². The van der Waals surface area contributed by atoms with Crippen LogP contribution in [0.15, 0.2) is 24.3 Å². The van der Waals surface area contributed by atoms with Gasteiger partial charge in [-0.25, -0.2) is 0 Å². The number of hydrogen-bond acceptors (Lipinski definition) is 3. The van der Waals surface area contributed by atoms with Crippen molar-refractivity contribution in [1.82, 2.24) is 5.32 Å². The van der Waals surface area contributed by atoms with Crippen molar-refractivity contribution < 1.29 is 9.84 Å². The van der Waals surface area contributed by atoms with Gasteiger partial charge in [-0.05, 0) is 44.4 Å². The van der Waals surface area contributed by atoms with Gasteiger partial charge in [-0.2, -0.15) is 0 Å². The zero-order valence-corrected chi connectivity index (χ0v) is 10.9. The van der Waals surface area contributed by atoms with Gasteiger partial charge in [-0.3, -0.25) is 0 Å². The van der Waals surface area contributed by atoms with E-state index in [0.717, 1.165) is 18.6 Å². The molecule has 1 unspecified atom stereocenters. The van der Waals surface area contributed by atoms with Gasteiger partial charge in [0.1, 0.15) is 5.75 Å². The van der Waals surface area contributed by atoms with E-state index in [4.69, 9.17) is 9.84 Å². The van der Waals surface area contributed by atoms with Crippen LogP contribution in [0.2, 0.25) is 0 Å². The second-order valence-corrected chi connectivity index (χ2v) is 4.53. The Labute approximate surface area is 104 Å². The monoisotopic (exact) mass is 237 g/mol. The normalized spacial score (nSPS) is 14.4. The topological polar surface area (TPSA) is 41.5 Å². The summed E-state index contributed by atoms with van der Waals surface area (Å²) in [6, 6.07) is 8.91. The molecule has 1 rings (SSSR count). The molecule has 0 amide bonds. The lowest BCUT2D eigenvalue weighted by Gasteiger charge is -2.19. The van der Waals surface area contributed by atoms with E-state index in [1.807, 2.05) is 12.1 Å². The van der Waals surface area contributed by atoms with E-state index >= 15 is 0 Å². The minimum Gasteiger partial charge on any atom is -0.497 e. The molecule has 0 radical (unpaired) electrons. The Balaban J connectivity index is 2.41. The Morgan fingerprint density at radius 1 is 1.18 bits per heavy atom. The molecule has 3 heteroatoms. The lowest BCUT2D eigenvalue weighted by Crippen LogP contribution is -2.36. The van der Waals surface area contributed by atoms with Crippen molar-refractivity contribution >= 4 is 0 Å². The van der Waals surface area contributed by atoms with Crippen molar-refractivity contribution in [2.45, 2.75) is 38.8 Å². The van der Waals surface area contributed by atoms with Crippen molar-refractivity contribution in [3.63, 3.8) is 0 Å². The number of methoxy groups -OCH3 is 1. The molecule has 0 saturated carbocycles. The van der Waals surface area contributed by atoms with E-state index in [2.05, 4.69) is 31.3 Å². The molecule has 1 aromatic rings. The van der Waals surface area contributed by atoms with E-state index in [-0.39, 0.29) is 6.61 Å². The second kappa shape index (κ2) is 7.30. The standard InChI is InChI=1S/C14H23NO2/c1-11(8-9-16)15-12(2)10-13-4-6-14(17-3)7-5-13/h4-7,11-12,15-16H,8-10H2,1-3H3/t11-,12?/m1/s1. The number of aliphatic hydroxyl groups excluding tert-OH is 1. The molecule has 0 bridgehead atoms. The summed E-state index contributed by atoms with van der Waals surface area (Å²) < 4.78 is 5.13. The molecule has 2 N–H and O–H groups in total. The van der Waals surface area contributed by atoms with Crippen molar-refractivity contribution in [3.8, 4) is 5.75 Å². The quantitative estimate of drug-likeness (QED) is 0.762. The van der Waals surface area contributed by atoms with Gasteiger partial charge in [0, 0.05) is 18.7 Å². The molecule has 17 heavy (non-hydrogen) atoms. The third-order valence-electron chi connectivity index (χ3n) is 2.83. The Morgan fingerprint density at radius 3 is 2.35 bits per heavy atom. The lowest BCUT2D eigenvalue weighted by molar-refractivity contribution is 0.264. The Kier molecular flexibility index (Phi) is 6.01. The number of benzene rings is 1. The second-order valence-electron chi connectivity index (χ2n) is 4.53. The van der Waals surface area contributed by atoms with Crippen molar-refractivity contribution in [2.24, 2.45) is 0 Å². The van der Waals surface area contributed by atoms with Gasteiger partial charge in [0.2, 0.25) is 0 Å². The fourth-order valence-electron chi connectivity index (χ4n) is 1.94. The predicted octanol–water partition coefficient (Wildman–Crippen LogP) is 1.99. The molecule has 2 atom stereocenters. The third-order valence-corrected chi connectivity index (χ3v) is 2.83. The zero-order valence-electron chi connectivity index (χ0n) is 10.9. The maximum absolute atomic E-state index is 8.84. The van der Waals surface area contributed by atoms with Crippen LogP contribution in [0, 0.1) is 0 Å². The first-order valence-electron chi connectivity index (χ1n) is 6.15. The summed E-state index contributed by atoms with van der Waals surface area (Å²) in [5.41, 5.74) is 1.29. The van der Waals surface area contributed by atoms with Crippen LogP contribution in [0.5, 0.6) is 5.75 Å². The SMILES string of the molecule is COc1ccc(CC(C)N[C@H](C)CCO)cc1. The van der Waals surface area contributed by atoms with Crippen molar-refractivity contribution in [2.75, 3.05) is 13.7 Å². The molecular weight excluding hydrogens is 214 g/mol. The maximum atomic E-state index is 8.84. The zero-order chi connectivity index (χ0) is 12.7. The van der Waals surface area contributed by atoms with Crippen LogP contribution in [-0.2, 0) is 6.42 Å². The Hall–Kier alpha value is -1.06. The fraction of sp³-hybridized carbons (Fsp3) is 0.571. The van der Waals surface area contributed by atoms with Crippen LogP contribution < -0.4 is 10.1 Å². The average molecular weight is 237 g/mol. The number of ether oxygens (including phenoxy) is 1. The van der Waals surface area contributed by atoms with Gasteiger partial charge in [0.25, 0.3) is 0 Å². The highest BCUT2D eigenvalue weighted by Gasteiger charge is 2.07. The van der Waals surface area contributed by atoms with Crippen LogP contribution in [0.3, 0.4) is 0 Å². The summed E-state index contributed by atoms with van der Waals surface area (Å²) in [7, 11) is 1.68. The maximum Gasteiger partial charge on any atom is 0.118 e. The Bertz CT molecular complexity index is 311. The third kappa shape index (κ3) is 5.20. The van der Waals surface area contributed by atoms with Crippen LogP contribution in [0.4, 0.5) is 0 Å². The average Bonchev–Trinajstić information content (AvgIpc) is 2.30. The number of rotatable bonds is 7. The van der Waals surface area contributed by atoms with Gasteiger partial charge < -0.3 is 15.2 Å². The molecule has 0 aliphatic rings. The van der Waals surface area contributed by atoms with Crippen LogP contribution in [0.1, 0.15) is 25.8 Å². The summed E-state index contributed by atoms with van der Waals surface area (Å²) in [5, 5.41) is 12.3. The van der Waals surface area contributed by atoms with E-state index in [1.54, 1.807) is 7.11 Å². The fourth-order valence-corrected chi connectivity index (χ4v) is 1.94. The first kappa shape index (κ1) is 14.0. The number of aliphatic hydroxyl groups is 1. The summed E-state index contributed by atoms with van der Waals surface area (Å²) in [6.07, 6.45) is 1.78. The van der Waals surface area contributed by atoms with Crippen LogP contribution in [0.25, 0.3) is 0 Å². The van der Waals surface area contributed by atoms with E-state index in [9.17, 15) is 0 Å². The minimum atomic E-state index is 0.240. The number of hydrogen-bond donors (Lipinski definition) is 2. The van der Waals surface area contributed by atoms with E-state index in [1.165, 1.54) is 5.56 Å². The molecule has 0 aromatic heterocycles. The summed E-state index contributed by atoms with van der Waals surface area (Å²) in [6.45, 7) is 4.50. The predicted molar refractivity (Wildman–Crippen MR) is 70.5 cm³/mol. The molecule has 0 aliphatic heterocycles.